The van der Waals surface area contributed by atoms with Crippen LogP contribution in [0.3, 0.4) is 0 Å². The minimum atomic E-state index is 0. The summed E-state index contributed by atoms with van der Waals surface area (Å²) in [6, 6.07) is 18.9. The van der Waals surface area contributed by atoms with Gasteiger partial charge in [0.25, 0.3) is 0 Å². The Bertz CT molecular complexity index is 613. The second-order valence-electron chi connectivity index (χ2n) is 7.63. The largest absolute Gasteiger partial charge is 2.00 e. The van der Waals surface area contributed by atoms with E-state index in [2.05, 4.69) is 68.4 Å². The first-order valence-electron chi connectivity index (χ1n) is 13.3. The molecule has 2 aromatic rings. The van der Waals surface area contributed by atoms with Crippen molar-refractivity contribution in [2.45, 2.75) is 67.2 Å². The van der Waals surface area contributed by atoms with Crippen LogP contribution in [0.4, 0.5) is 0 Å². The van der Waals surface area contributed by atoms with Gasteiger partial charge in [0.1, 0.15) is 0 Å². The van der Waals surface area contributed by atoms with Crippen LogP contribution in [-0.4, -0.2) is 55.5 Å². The van der Waals surface area contributed by atoms with Crippen molar-refractivity contribution in [2.24, 2.45) is 0 Å². The van der Waals surface area contributed by atoms with Crippen molar-refractivity contribution >= 4 is 36.4 Å². The molecule has 0 saturated heterocycles. The predicted molar refractivity (Wildman–Crippen MR) is 172 cm³/mol. The molecular formula is C30H53P3PtS. The molecule has 0 aliphatic rings. The summed E-state index contributed by atoms with van der Waals surface area (Å²) in [6.45, 7) is 20.6. The number of hydrogen-bond donors (Lipinski definition) is 0. The van der Waals surface area contributed by atoms with Crippen LogP contribution in [0, 0.1) is 6.07 Å². The van der Waals surface area contributed by atoms with Crippen molar-refractivity contribution in [2.75, 3.05) is 55.5 Å². The van der Waals surface area contributed by atoms with Crippen molar-refractivity contribution in [3.63, 3.8) is 0 Å². The van der Waals surface area contributed by atoms with E-state index in [1.807, 2.05) is 48.5 Å². The first kappa shape index (κ1) is 40.1. The molecule has 0 nitrogen and oxygen atoms in total. The number of hydrogen-bond acceptors (Lipinski definition) is 1. The molecule has 0 spiro atoms. The zero-order valence-electron chi connectivity index (χ0n) is 24.0. The Balaban J connectivity index is -0.000000409. The standard InChI is InChI=1S/C12H9S.3C6H15P.Pt/c13-12-9-5-4-8-11(12)10-6-2-1-3-7-10;3*1-4-7(5-2)6-3;/h1-6,8-9,13H;3*4-6H2,1-3H3;/q-1;;;;+2/p-1. The minimum absolute atomic E-state index is 0. The van der Waals surface area contributed by atoms with Crippen LogP contribution in [0.1, 0.15) is 62.3 Å². The average Bonchev–Trinajstić information content (AvgIpc) is 2.89. The second-order valence-corrected chi connectivity index (χ2v) is 17.8. The fourth-order valence-corrected chi connectivity index (χ4v) is 7.54. The molecule has 5 heteroatoms. The van der Waals surface area contributed by atoms with E-state index in [4.69, 9.17) is 12.6 Å². The summed E-state index contributed by atoms with van der Waals surface area (Å²) < 4.78 is 0. The zero-order chi connectivity index (χ0) is 26.2. The quantitative estimate of drug-likeness (QED) is 0.133. The first-order valence-corrected chi connectivity index (χ1v) is 19.4. The van der Waals surface area contributed by atoms with Gasteiger partial charge in [-0.2, -0.15) is 0 Å². The maximum atomic E-state index is 5.21. The molecule has 0 saturated carbocycles. The van der Waals surface area contributed by atoms with Gasteiger partial charge in [0, 0.05) is 0 Å². The number of benzene rings is 2. The summed E-state index contributed by atoms with van der Waals surface area (Å²) in [5.41, 5.74) is 2.14. The summed E-state index contributed by atoms with van der Waals surface area (Å²) >= 11 is 5.21. The molecule has 0 fully saturated rings. The summed E-state index contributed by atoms with van der Waals surface area (Å²) in [5.74, 6) is 0. The first-order chi connectivity index (χ1) is 16.4. The van der Waals surface area contributed by atoms with E-state index in [1.54, 1.807) is 0 Å². The molecule has 0 atom stereocenters. The Morgan fingerprint density at radius 2 is 0.886 bits per heavy atom. The molecule has 0 radical (unpaired) electrons. The van der Waals surface area contributed by atoms with Crippen LogP contribution in [0.25, 0.3) is 11.1 Å². The third-order valence-electron chi connectivity index (χ3n) is 5.91. The van der Waals surface area contributed by atoms with Crippen LogP contribution in [0.5, 0.6) is 0 Å². The number of rotatable bonds is 10. The van der Waals surface area contributed by atoms with Crippen molar-refractivity contribution in [3.05, 3.63) is 54.6 Å². The molecule has 35 heavy (non-hydrogen) atoms. The van der Waals surface area contributed by atoms with Crippen LogP contribution < -0.4 is 0 Å². The summed E-state index contributed by atoms with van der Waals surface area (Å²) in [4.78, 5) is 0.880. The fourth-order valence-electron chi connectivity index (χ4n) is 3.26. The summed E-state index contributed by atoms with van der Waals surface area (Å²) in [6.07, 6.45) is 12.8. The van der Waals surface area contributed by atoms with Gasteiger partial charge < -0.3 is 12.6 Å². The van der Waals surface area contributed by atoms with E-state index >= 15 is 0 Å². The van der Waals surface area contributed by atoms with Gasteiger partial charge in [0.15, 0.2) is 0 Å². The van der Waals surface area contributed by atoms with Crippen molar-refractivity contribution in [1.29, 1.82) is 0 Å². The van der Waals surface area contributed by atoms with Crippen molar-refractivity contribution in [1.82, 2.24) is 0 Å². The Hall–Kier alpha value is 0.638. The molecule has 0 N–H and O–H groups in total. The van der Waals surface area contributed by atoms with E-state index in [0.29, 0.717) is 23.8 Å². The van der Waals surface area contributed by atoms with Gasteiger partial charge in [0.05, 0.1) is 0 Å². The van der Waals surface area contributed by atoms with Crippen LogP contribution in [-0.2, 0) is 33.7 Å². The third-order valence-corrected chi connectivity index (χ3v) is 14.3. The van der Waals surface area contributed by atoms with Gasteiger partial charge in [-0.1, -0.05) is 86.6 Å². The van der Waals surface area contributed by atoms with E-state index in [9.17, 15) is 0 Å². The molecule has 2 aromatic carbocycles. The molecule has 0 heterocycles. The maximum absolute atomic E-state index is 5.21. The molecule has 0 aliphatic carbocycles. The van der Waals surface area contributed by atoms with E-state index in [-0.39, 0.29) is 21.1 Å². The topological polar surface area (TPSA) is 0 Å². The molecule has 0 bridgehead atoms. The summed E-state index contributed by atoms with van der Waals surface area (Å²) in [5, 5.41) is 0. The zero-order valence-corrected chi connectivity index (χ0v) is 29.8. The SMILES string of the molecule is CCP(CC)CC.CCP(CC)CC.CCP(CC)CC.[Pt+2].[S-]c1ccccc1-c1[c-]cccc1. The van der Waals surface area contributed by atoms with E-state index < -0.39 is 0 Å². The van der Waals surface area contributed by atoms with Gasteiger partial charge in [-0.15, -0.1) is 65.2 Å². The second kappa shape index (κ2) is 29.2. The van der Waals surface area contributed by atoms with Crippen molar-refractivity contribution < 1.29 is 21.1 Å². The molecule has 0 unspecified atom stereocenters. The molecule has 0 amide bonds. The Labute approximate surface area is 244 Å². The Morgan fingerprint density at radius 1 is 0.543 bits per heavy atom. The molecule has 0 aliphatic heterocycles. The fraction of sp³-hybridized carbons (Fsp3) is 0.600. The van der Waals surface area contributed by atoms with Gasteiger partial charge in [0.2, 0.25) is 0 Å². The van der Waals surface area contributed by atoms with Crippen molar-refractivity contribution in [3.8, 4) is 11.1 Å². The normalized spacial score (nSPS) is 9.83. The van der Waals surface area contributed by atoms with E-state index in [0.717, 1.165) is 16.0 Å². The minimum Gasteiger partial charge on any atom is -0.789 e. The monoisotopic (exact) mass is 733 g/mol. The third kappa shape index (κ3) is 21.3. The summed E-state index contributed by atoms with van der Waals surface area (Å²) in [7, 11) is 1.34. The van der Waals surface area contributed by atoms with Crippen LogP contribution in [0.2, 0.25) is 0 Å². The molecule has 204 valence electrons. The van der Waals surface area contributed by atoms with Crippen LogP contribution >= 0.6 is 23.8 Å². The molecule has 2 rings (SSSR count). The van der Waals surface area contributed by atoms with Crippen LogP contribution in [0.15, 0.2) is 53.4 Å². The van der Waals surface area contributed by atoms with Gasteiger partial charge in [-0.3, -0.25) is 0 Å². The maximum Gasteiger partial charge on any atom is 2.00 e. The Kier molecular flexibility index (Phi) is 33.5. The Morgan fingerprint density at radius 3 is 1.14 bits per heavy atom. The van der Waals surface area contributed by atoms with Gasteiger partial charge in [-0.05, 0) is 55.5 Å². The smallest absolute Gasteiger partial charge is 0.789 e. The van der Waals surface area contributed by atoms with E-state index in [1.165, 1.54) is 55.5 Å². The predicted octanol–water partition coefficient (Wildman–Crippen LogP) is 10.6. The average molecular weight is 734 g/mol. The molecule has 0 aromatic heterocycles. The van der Waals surface area contributed by atoms with Gasteiger partial charge >= 0.3 is 21.1 Å². The van der Waals surface area contributed by atoms with Gasteiger partial charge in [-0.25, -0.2) is 4.90 Å². The molecular weight excluding hydrogens is 680 g/mol.